The smallest absolute Gasteiger partial charge is 0.149 e. The van der Waals surface area contributed by atoms with Crippen LogP contribution in [0.15, 0.2) is 24.4 Å². The van der Waals surface area contributed by atoms with Crippen LogP contribution in [0.5, 0.6) is 0 Å². The van der Waals surface area contributed by atoms with Crippen LogP contribution in [0.4, 0.5) is 4.39 Å². The Kier molecular flexibility index (Phi) is 3.17. The molecule has 0 amide bonds. The lowest BCUT2D eigenvalue weighted by Gasteiger charge is -2.12. The average molecular weight is 255 g/mol. The van der Waals surface area contributed by atoms with Crippen molar-refractivity contribution < 1.29 is 9.50 Å². The first-order valence-electron chi connectivity index (χ1n) is 5.19. The molecule has 0 saturated heterocycles. The first-order chi connectivity index (χ1) is 8.00. The van der Waals surface area contributed by atoms with E-state index >= 15 is 0 Å². The Morgan fingerprint density at radius 2 is 2.18 bits per heavy atom. The van der Waals surface area contributed by atoms with Crippen molar-refractivity contribution in [1.82, 2.24) is 9.78 Å². The highest BCUT2D eigenvalue weighted by atomic mass is 35.5. The molecule has 0 aliphatic rings. The van der Waals surface area contributed by atoms with Crippen LogP contribution in [0.2, 0.25) is 5.02 Å². The Morgan fingerprint density at radius 1 is 1.47 bits per heavy atom. The van der Waals surface area contributed by atoms with E-state index in [1.165, 1.54) is 16.9 Å². The van der Waals surface area contributed by atoms with Crippen LogP contribution in [0.3, 0.4) is 0 Å². The second-order valence-electron chi connectivity index (χ2n) is 3.86. The molecule has 90 valence electrons. The van der Waals surface area contributed by atoms with Gasteiger partial charge in [-0.2, -0.15) is 5.10 Å². The molecule has 0 spiro atoms. The van der Waals surface area contributed by atoms with Crippen LogP contribution in [0.25, 0.3) is 5.69 Å². The lowest BCUT2D eigenvalue weighted by atomic mass is 10.1. The van der Waals surface area contributed by atoms with E-state index in [9.17, 15) is 9.50 Å². The van der Waals surface area contributed by atoms with Crippen LogP contribution in [-0.2, 0) is 0 Å². The molecule has 0 unspecified atom stereocenters. The molecule has 0 radical (unpaired) electrons. The summed E-state index contributed by atoms with van der Waals surface area (Å²) in [5.74, 6) is -0.442. The molecule has 1 aromatic carbocycles. The summed E-state index contributed by atoms with van der Waals surface area (Å²) in [7, 11) is 0. The number of para-hydroxylation sites is 1. The summed E-state index contributed by atoms with van der Waals surface area (Å²) < 4.78 is 15.2. The number of aliphatic hydroxyl groups is 1. The maximum atomic E-state index is 13.8. The molecular weight excluding hydrogens is 243 g/mol. The van der Waals surface area contributed by atoms with Gasteiger partial charge in [-0.25, -0.2) is 9.07 Å². The van der Waals surface area contributed by atoms with Crippen molar-refractivity contribution in [2.45, 2.75) is 20.0 Å². The Bertz CT molecular complexity index is 532. The number of hydrogen-bond donors (Lipinski definition) is 1. The number of hydrogen-bond acceptors (Lipinski definition) is 2. The molecule has 2 aromatic rings. The van der Waals surface area contributed by atoms with Gasteiger partial charge in [-0.05, 0) is 19.9 Å². The minimum Gasteiger partial charge on any atom is -0.389 e. The molecule has 1 atom stereocenters. The quantitative estimate of drug-likeness (QED) is 0.895. The Morgan fingerprint density at radius 3 is 2.71 bits per heavy atom. The van der Waals surface area contributed by atoms with Gasteiger partial charge < -0.3 is 5.11 Å². The van der Waals surface area contributed by atoms with Crippen LogP contribution >= 0.6 is 11.6 Å². The number of halogens is 2. The van der Waals surface area contributed by atoms with Crippen molar-refractivity contribution in [3.63, 3.8) is 0 Å². The highest BCUT2D eigenvalue weighted by molar-refractivity contribution is 6.31. The third-order valence-electron chi connectivity index (χ3n) is 2.54. The number of aliphatic hydroxyl groups excluding tert-OH is 1. The van der Waals surface area contributed by atoms with E-state index in [1.54, 1.807) is 26.0 Å². The van der Waals surface area contributed by atoms with Crippen molar-refractivity contribution in [3.8, 4) is 5.69 Å². The number of rotatable bonds is 2. The van der Waals surface area contributed by atoms with E-state index in [-0.39, 0.29) is 5.69 Å². The molecule has 1 aromatic heterocycles. The lowest BCUT2D eigenvalue weighted by molar-refractivity contribution is 0.198. The van der Waals surface area contributed by atoms with Gasteiger partial charge in [0, 0.05) is 11.8 Å². The fourth-order valence-corrected chi connectivity index (χ4v) is 1.79. The van der Waals surface area contributed by atoms with Gasteiger partial charge in [-0.15, -0.1) is 0 Å². The van der Waals surface area contributed by atoms with Gasteiger partial charge in [0.05, 0.1) is 16.8 Å². The fraction of sp³-hybridized carbons (Fsp3) is 0.250. The third-order valence-corrected chi connectivity index (χ3v) is 2.91. The summed E-state index contributed by atoms with van der Waals surface area (Å²) >= 11 is 5.90. The molecule has 0 fully saturated rings. The van der Waals surface area contributed by atoms with Crippen molar-refractivity contribution in [2.24, 2.45) is 0 Å². The molecular formula is C12H12ClFN2O. The van der Waals surface area contributed by atoms with Gasteiger partial charge in [0.15, 0.2) is 0 Å². The predicted octanol–water partition coefficient (Wildman–Crippen LogP) is 3.03. The molecule has 0 bridgehead atoms. The van der Waals surface area contributed by atoms with Crippen molar-refractivity contribution in [2.75, 3.05) is 0 Å². The summed E-state index contributed by atoms with van der Waals surface area (Å²) in [5.41, 5.74) is 1.33. The van der Waals surface area contributed by atoms with Crippen LogP contribution < -0.4 is 0 Å². The molecule has 1 N–H and O–H groups in total. The third kappa shape index (κ3) is 2.18. The minimum absolute atomic E-state index is 0.234. The van der Waals surface area contributed by atoms with Gasteiger partial charge in [-0.1, -0.05) is 23.7 Å². The predicted molar refractivity (Wildman–Crippen MR) is 63.9 cm³/mol. The van der Waals surface area contributed by atoms with Gasteiger partial charge >= 0.3 is 0 Å². The Hall–Kier alpha value is -1.39. The zero-order valence-corrected chi connectivity index (χ0v) is 10.2. The number of aromatic nitrogens is 2. The van der Waals surface area contributed by atoms with Gasteiger partial charge in [0.25, 0.3) is 0 Å². The largest absolute Gasteiger partial charge is 0.389 e. The molecule has 5 heteroatoms. The molecule has 1 heterocycles. The Balaban J connectivity index is 2.65. The average Bonchev–Trinajstić information content (AvgIpc) is 2.58. The second kappa shape index (κ2) is 4.47. The SMILES string of the molecule is Cc1nn(-c2c(F)cccc2[C@@H](C)O)cc1Cl. The zero-order chi connectivity index (χ0) is 12.6. The minimum atomic E-state index is -0.774. The summed E-state index contributed by atoms with van der Waals surface area (Å²) in [4.78, 5) is 0. The van der Waals surface area contributed by atoms with Crippen molar-refractivity contribution in [3.05, 3.63) is 46.5 Å². The molecule has 17 heavy (non-hydrogen) atoms. The molecule has 0 aliphatic carbocycles. The van der Waals surface area contributed by atoms with E-state index in [4.69, 9.17) is 11.6 Å². The van der Waals surface area contributed by atoms with Crippen LogP contribution in [0, 0.1) is 12.7 Å². The summed E-state index contributed by atoms with van der Waals surface area (Å²) in [6, 6.07) is 4.54. The lowest BCUT2D eigenvalue weighted by Crippen LogP contribution is -2.06. The summed E-state index contributed by atoms with van der Waals surface area (Å²) in [5, 5.41) is 14.2. The Labute approximate surface area is 103 Å². The monoisotopic (exact) mass is 254 g/mol. The molecule has 3 nitrogen and oxygen atoms in total. The standard InChI is InChI=1S/C12H12ClFN2O/c1-7-10(13)6-16(15-7)12-9(8(2)17)4-3-5-11(12)14/h3-6,8,17H,1-2H3/t8-/m1/s1. The number of benzene rings is 1. The highest BCUT2D eigenvalue weighted by Gasteiger charge is 2.16. The van der Waals surface area contributed by atoms with Crippen LogP contribution in [-0.4, -0.2) is 14.9 Å². The summed E-state index contributed by atoms with van der Waals surface area (Å²) in [6.07, 6.45) is 0.755. The van der Waals surface area contributed by atoms with E-state index in [0.717, 1.165) is 0 Å². The zero-order valence-electron chi connectivity index (χ0n) is 9.48. The molecule has 0 aliphatic heterocycles. The first-order valence-corrected chi connectivity index (χ1v) is 5.57. The molecule has 0 saturated carbocycles. The van der Waals surface area contributed by atoms with E-state index in [1.807, 2.05) is 0 Å². The van der Waals surface area contributed by atoms with Crippen molar-refractivity contribution >= 4 is 11.6 Å². The van der Waals surface area contributed by atoms with Gasteiger partial charge in [0.1, 0.15) is 11.5 Å². The fourth-order valence-electron chi connectivity index (χ4n) is 1.66. The van der Waals surface area contributed by atoms with Crippen LogP contribution in [0.1, 0.15) is 24.3 Å². The van der Waals surface area contributed by atoms with Gasteiger partial charge in [-0.3, -0.25) is 0 Å². The van der Waals surface area contributed by atoms with E-state index in [2.05, 4.69) is 5.10 Å². The van der Waals surface area contributed by atoms with Crippen molar-refractivity contribution in [1.29, 1.82) is 0 Å². The second-order valence-corrected chi connectivity index (χ2v) is 4.27. The topological polar surface area (TPSA) is 38.0 Å². The molecule has 2 rings (SSSR count). The maximum Gasteiger partial charge on any atom is 0.149 e. The maximum absolute atomic E-state index is 13.8. The first kappa shape index (κ1) is 12.1. The number of aryl methyl sites for hydroxylation is 1. The summed E-state index contributed by atoms with van der Waals surface area (Å²) in [6.45, 7) is 3.32. The normalized spacial score (nSPS) is 12.8. The highest BCUT2D eigenvalue weighted by Crippen LogP contribution is 2.25. The number of nitrogens with zero attached hydrogens (tertiary/aromatic N) is 2. The van der Waals surface area contributed by atoms with Gasteiger partial charge in [0.2, 0.25) is 0 Å². The van der Waals surface area contributed by atoms with E-state index < -0.39 is 11.9 Å². The van der Waals surface area contributed by atoms with E-state index in [0.29, 0.717) is 16.3 Å².